The van der Waals surface area contributed by atoms with Gasteiger partial charge in [0.15, 0.2) is 0 Å². The molecule has 0 amide bonds. The van der Waals surface area contributed by atoms with Crippen molar-refractivity contribution in [2.24, 2.45) is 5.92 Å². The van der Waals surface area contributed by atoms with Crippen LogP contribution >= 0.6 is 11.6 Å². The van der Waals surface area contributed by atoms with Crippen LogP contribution in [-0.2, 0) is 26.0 Å². The van der Waals surface area contributed by atoms with Crippen molar-refractivity contribution in [2.75, 3.05) is 26.1 Å². The first-order chi connectivity index (χ1) is 11.0. The van der Waals surface area contributed by atoms with E-state index in [4.69, 9.17) is 16.3 Å². The minimum atomic E-state index is -3.50. The number of carbonyl (C=O) groups excluding carboxylic acids is 1. The van der Waals surface area contributed by atoms with Gasteiger partial charge in [0.1, 0.15) is 0 Å². The van der Waals surface area contributed by atoms with Crippen LogP contribution in [0, 0.1) is 5.92 Å². The second-order valence-electron chi connectivity index (χ2n) is 5.64. The van der Waals surface area contributed by atoms with E-state index in [9.17, 15) is 13.2 Å². The topological polar surface area (TPSA) is 63.7 Å². The molecule has 1 saturated heterocycles. The predicted molar refractivity (Wildman–Crippen MR) is 89.0 cm³/mol. The first kappa shape index (κ1) is 18.2. The Balaban J connectivity index is 2.03. The SMILES string of the molecule is COC(=O)C1CCN(S(=O)(=O)c2ccc(CCCCl)cc2)CC1. The fourth-order valence-corrected chi connectivity index (χ4v) is 4.35. The molecule has 2 rings (SSSR count). The highest BCUT2D eigenvalue weighted by Crippen LogP contribution is 2.24. The number of esters is 1. The third kappa shape index (κ3) is 4.46. The number of sulfonamides is 1. The van der Waals surface area contributed by atoms with E-state index in [-0.39, 0.29) is 11.9 Å². The van der Waals surface area contributed by atoms with Crippen LogP contribution in [0.3, 0.4) is 0 Å². The van der Waals surface area contributed by atoms with Gasteiger partial charge in [-0.25, -0.2) is 8.42 Å². The molecule has 0 radical (unpaired) electrons. The Morgan fingerprint density at radius 1 is 1.26 bits per heavy atom. The maximum Gasteiger partial charge on any atom is 0.308 e. The van der Waals surface area contributed by atoms with Gasteiger partial charge in [-0.1, -0.05) is 12.1 Å². The summed E-state index contributed by atoms with van der Waals surface area (Å²) in [5.41, 5.74) is 1.08. The third-order valence-corrected chi connectivity index (χ3v) is 6.33. The van der Waals surface area contributed by atoms with Crippen LogP contribution in [-0.4, -0.2) is 44.8 Å². The van der Waals surface area contributed by atoms with Crippen LogP contribution in [0.25, 0.3) is 0 Å². The Hall–Kier alpha value is -1.11. The molecule has 0 aliphatic carbocycles. The molecule has 1 aliphatic heterocycles. The minimum Gasteiger partial charge on any atom is -0.469 e. The molecule has 0 saturated carbocycles. The average molecular weight is 360 g/mol. The zero-order valence-electron chi connectivity index (χ0n) is 13.2. The van der Waals surface area contributed by atoms with Gasteiger partial charge in [0.25, 0.3) is 0 Å². The van der Waals surface area contributed by atoms with Crippen molar-refractivity contribution in [3.05, 3.63) is 29.8 Å². The van der Waals surface area contributed by atoms with E-state index < -0.39 is 10.0 Å². The lowest BCUT2D eigenvalue weighted by molar-refractivity contribution is -0.146. The number of rotatable bonds is 6. The Labute approximate surface area is 142 Å². The molecule has 0 bridgehead atoms. The molecule has 1 aromatic rings. The number of hydrogen-bond acceptors (Lipinski definition) is 4. The van der Waals surface area contributed by atoms with Gasteiger partial charge in [-0.15, -0.1) is 11.6 Å². The van der Waals surface area contributed by atoms with Crippen LogP contribution in [0.5, 0.6) is 0 Å². The van der Waals surface area contributed by atoms with Crippen LogP contribution in [0.2, 0.25) is 0 Å². The number of alkyl halides is 1. The summed E-state index contributed by atoms with van der Waals surface area (Å²) in [4.78, 5) is 11.8. The Kier molecular flexibility index (Phi) is 6.44. The summed E-state index contributed by atoms with van der Waals surface area (Å²) in [6, 6.07) is 6.96. The number of benzene rings is 1. The zero-order chi connectivity index (χ0) is 16.9. The molecule has 0 spiro atoms. The van der Waals surface area contributed by atoms with Crippen molar-refractivity contribution in [1.82, 2.24) is 4.31 Å². The maximum atomic E-state index is 12.6. The van der Waals surface area contributed by atoms with Gasteiger partial charge in [0.2, 0.25) is 10.0 Å². The first-order valence-electron chi connectivity index (χ1n) is 7.72. The van der Waals surface area contributed by atoms with Crippen LogP contribution < -0.4 is 0 Å². The van der Waals surface area contributed by atoms with Crippen molar-refractivity contribution in [3.63, 3.8) is 0 Å². The minimum absolute atomic E-state index is 0.204. The lowest BCUT2D eigenvalue weighted by Crippen LogP contribution is -2.40. The molecule has 0 unspecified atom stereocenters. The monoisotopic (exact) mass is 359 g/mol. The van der Waals surface area contributed by atoms with E-state index in [0.29, 0.717) is 36.7 Å². The molecule has 1 aromatic carbocycles. The molecule has 128 valence electrons. The Morgan fingerprint density at radius 2 is 1.87 bits per heavy atom. The summed E-state index contributed by atoms with van der Waals surface area (Å²) < 4.78 is 31.5. The maximum absolute atomic E-state index is 12.6. The van der Waals surface area contributed by atoms with Crippen molar-refractivity contribution in [1.29, 1.82) is 0 Å². The van der Waals surface area contributed by atoms with E-state index in [1.807, 2.05) is 12.1 Å². The van der Waals surface area contributed by atoms with Crippen LogP contribution in [0.15, 0.2) is 29.2 Å². The van der Waals surface area contributed by atoms with Crippen molar-refractivity contribution >= 4 is 27.6 Å². The van der Waals surface area contributed by atoms with Gasteiger partial charge >= 0.3 is 5.97 Å². The smallest absolute Gasteiger partial charge is 0.308 e. The lowest BCUT2D eigenvalue weighted by Gasteiger charge is -2.29. The predicted octanol–water partition coefficient (Wildman–Crippen LogP) is 2.43. The first-order valence-corrected chi connectivity index (χ1v) is 9.69. The summed E-state index contributed by atoms with van der Waals surface area (Å²) in [6.07, 6.45) is 2.71. The molecule has 23 heavy (non-hydrogen) atoms. The summed E-state index contributed by atoms with van der Waals surface area (Å²) in [5, 5.41) is 0. The molecule has 7 heteroatoms. The number of methoxy groups -OCH3 is 1. The molecular formula is C16H22ClNO4S. The number of ether oxygens (including phenoxy) is 1. The largest absolute Gasteiger partial charge is 0.469 e. The van der Waals surface area contributed by atoms with E-state index in [0.717, 1.165) is 18.4 Å². The fraction of sp³-hybridized carbons (Fsp3) is 0.562. The summed E-state index contributed by atoms with van der Waals surface area (Å²) in [5.74, 6) is 0.130. The lowest BCUT2D eigenvalue weighted by atomic mass is 9.99. The number of hydrogen-bond donors (Lipinski definition) is 0. The van der Waals surface area contributed by atoms with E-state index in [2.05, 4.69) is 0 Å². The van der Waals surface area contributed by atoms with Crippen LogP contribution in [0.4, 0.5) is 0 Å². The van der Waals surface area contributed by atoms with Gasteiger partial charge in [-0.2, -0.15) is 4.31 Å². The van der Waals surface area contributed by atoms with E-state index >= 15 is 0 Å². The molecule has 1 aliphatic rings. The second-order valence-corrected chi connectivity index (χ2v) is 7.95. The number of aryl methyl sites for hydroxylation is 1. The highest BCUT2D eigenvalue weighted by atomic mass is 35.5. The van der Waals surface area contributed by atoms with E-state index in [1.54, 1.807) is 12.1 Å². The number of nitrogens with zero attached hydrogens (tertiary/aromatic N) is 1. The molecule has 0 atom stereocenters. The number of halogens is 1. The number of piperidine rings is 1. The highest BCUT2D eigenvalue weighted by molar-refractivity contribution is 7.89. The molecule has 0 aromatic heterocycles. The standard InChI is InChI=1S/C16H22ClNO4S/c1-22-16(19)14-8-11-18(12-9-14)23(20,21)15-6-4-13(5-7-15)3-2-10-17/h4-7,14H,2-3,8-12H2,1H3. The average Bonchev–Trinajstić information content (AvgIpc) is 2.59. The quantitative estimate of drug-likeness (QED) is 0.578. The van der Waals surface area contributed by atoms with Gasteiger partial charge in [-0.05, 0) is 43.4 Å². The molecule has 5 nitrogen and oxygen atoms in total. The molecule has 1 fully saturated rings. The van der Waals surface area contributed by atoms with Gasteiger partial charge in [0.05, 0.1) is 17.9 Å². The van der Waals surface area contributed by atoms with Crippen molar-refractivity contribution < 1.29 is 17.9 Å². The van der Waals surface area contributed by atoms with Crippen molar-refractivity contribution in [2.45, 2.75) is 30.6 Å². The summed E-state index contributed by atoms with van der Waals surface area (Å²) in [7, 11) is -2.14. The summed E-state index contributed by atoms with van der Waals surface area (Å²) in [6.45, 7) is 0.687. The summed E-state index contributed by atoms with van der Waals surface area (Å²) >= 11 is 5.67. The van der Waals surface area contributed by atoms with Crippen molar-refractivity contribution in [3.8, 4) is 0 Å². The Morgan fingerprint density at radius 3 is 2.39 bits per heavy atom. The van der Waals surface area contributed by atoms with Crippen LogP contribution in [0.1, 0.15) is 24.8 Å². The second kappa shape index (κ2) is 8.13. The molecule has 1 heterocycles. The van der Waals surface area contributed by atoms with Gasteiger partial charge in [0, 0.05) is 19.0 Å². The van der Waals surface area contributed by atoms with Gasteiger partial charge < -0.3 is 4.74 Å². The molecular weight excluding hydrogens is 338 g/mol. The fourth-order valence-electron chi connectivity index (χ4n) is 2.75. The third-order valence-electron chi connectivity index (χ3n) is 4.15. The molecule has 0 N–H and O–H groups in total. The van der Waals surface area contributed by atoms with Gasteiger partial charge in [-0.3, -0.25) is 4.79 Å². The number of carbonyl (C=O) groups is 1. The Bertz CT molecular complexity index is 622. The van der Waals surface area contributed by atoms with E-state index in [1.165, 1.54) is 11.4 Å². The normalized spacial score (nSPS) is 17.1. The zero-order valence-corrected chi connectivity index (χ0v) is 14.8. The highest BCUT2D eigenvalue weighted by Gasteiger charge is 2.32.